The van der Waals surface area contributed by atoms with Crippen molar-refractivity contribution in [3.63, 3.8) is 0 Å². The Bertz CT molecular complexity index is 549. The third-order valence-corrected chi connectivity index (χ3v) is 2.64. The molecule has 0 radical (unpaired) electrons. The van der Waals surface area contributed by atoms with Crippen molar-refractivity contribution >= 4 is 11.7 Å². The summed E-state index contributed by atoms with van der Waals surface area (Å²) < 4.78 is 17.8. The van der Waals surface area contributed by atoms with Gasteiger partial charge in [-0.1, -0.05) is 24.3 Å². The van der Waals surface area contributed by atoms with E-state index in [0.717, 1.165) is 11.1 Å². The van der Waals surface area contributed by atoms with Gasteiger partial charge in [0, 0.05) is 5.69 Å². The van der Waals surface area contributed by atoms with Gasteiger partial charge in [0.15, 0.2) is 0 Å². The lowest BCUT2D eigenvalue weighted by Gasteiger charge is -2.05. The molecule has 0 aliphatic rings. The van der Waals surface area contributed by atoms with Crippen LogP contribution in [-0.2, 0) is 22.6 Å². The van der Waals surface area contributed by atoms with E-state index in [1.54, 1.807) is 36.4 Å². The molecule has 0 amide bonds. The Morgan fingerprint density at radius 1 is 1.00 bits per heavy atom. The van der Waals surface area contributed by atoms with Crippen molar-refractivity contribution in [2.45, 2.75) is 13.0 Å². The highest BCUT2D eigenvalue weighted by Crippen LogP contribution is 2.08. The number of nitrogens with two attached hydrogens (primary N) is 1. The molecule has 2 rings (SSSR count). The Balaban J connectivity index is 1.84. The molecule has 98 valence electrons. The Labute approximate surface area is 110 Å². The highest BCUT2D eigenvalue weighted by atomic mass is 19.1. The SMILES string of the molecule is Nc1ccc(CC(=O)OCc2ccc(F)cc2)cc1. The molecule has 0 aliphatic carbocycles. The van der Waals surface area contributed by atoms with Gasteiger partial charge in [0.05, 0.1) is 6.42 Å². The van der Waals surface area contributed by atoms with Crippen molar-refractivity contribution in [1.29, 1.82) is 0 Å². The van der Waals surface area contributed by atoms with E-state index in [1.165, 1.54) is 12.1 Å². The molecule has 4 heteroatoms. The second kappa shape index (κ2) is 6.00. The summed E-state index contributed by atoms with van der Waals surface area (Å²) in [5.41, 5.74) is 7.82. The molecule has 0 saturated heterocycles. The minimum absolute atomic E-state index is 0.147. The predicted molar refractivity (Wildman–Crippen MR) is 70.8 cm³/mol. The third-order valence-electron chi connectivity index (χ3n) is 2.64. The van der Waals surface area contributed by atoms with Gasteiger partial charge in [0.25, 0.3) is 0 Å². The minimum atomic E-state index is -0.325. The molecule has 19 heavy (non-hydrogen) atoms. The van der Waals surface area contributed by atoms with Crippen LogP contribution in [0.15, 0.2) is 48.5 Å². The van der Waals surface area contributed by atoms with E-state index in [0.29, 0.717) is 5.69 Å². The van der Waals surface area contributed by atoms with Gasteiger partial charge in [0.1, 0.15) is 12.4 Å². The molecule has 3 nitrogen and oxygen atoms in total. The second-order valence-corrected chi connectivity index (χ2v) is 4.21. The number of rotatable bonds is 4. The molecule has 0 spiro atoms. The Hall–Kier alpha value is -2.36. The van der Waals surface area contributed by atoms with Gasteiger partial charge >= 0.3 is 5.97 Å². The van der Waals surface area contributed by atoms with Crippen molar-refractivity contribution in [3.8, 4) is 0 Å². The molecule has 0 saturated carbocycles. The molecule has 2 N–H and O–H groups in total. The lowest BCUT2D eigenvalue weighted by molar-refractivity contribution is -0.144. The zero-order chi connectivity index (χ0) is 13.7. The van der Waals surface area contributed by atoms with Crippen LogP contribution in [-0.4, -0.2) is 5.97 Å². The summed E-state index contributed by atoms with van der Waals surface area (Å²) in [6.07, 6.45) is 0.196. The van der Waals surface area contributed by atoms with Gasteiger partial charge in [-0.25, -0.2) is 4.39 Å². The summed E-state index contributed by atoms with van der Waals surface area (Å²) in [5.74, 6) is -0.633. The number of halogens is 1. The summed E-state index contributed by atoms with van der Waals surface area (Å²) in [4.78, 5) is 11.6. The fourth-order valence-electron chi connectivity index (χ4n) is 1.60. The summed E-state index contributed by atoms with van der Waals surface area (Å²) in [5, 5.41) is 0. The van der Waals surface area contributed by atoms with Crippen molar-refractivity contribution in [2.75, 3.05) is 5.73 Å². The van der Waals surface area contributed by atoms with Crippen LogP contribution in [0.25, 0.3) is 0 Å². The van der Waals surface area contributed by atoms with Crippen molar-refractivity contribution in [2.24, 2.45) is 0 Å². The van der Waals surface area contributed by atoms with Crippen LogP contribution in [0.4, 0.5) is 10.1 Å². The zero-order valence-electron chi connectivity index (χ0n) is 10.3. The van der Waals surface area contributed by atoms with E-state index in [9.17, 15) is 9.18 Å². The number of carbonyl (C=O) groups excluding carboxylic acids is 1. The lowest BCUT2D eigenvalue weighted by atomic mass is 10.1. The largest absolute Gasteiger partial charge is 0.461 e. The molecule has 0 heterocycles. The van der Waals surface area contributed by atoms with Crippen LogP contribution in [0.2, 0.25) is 0 Å². The quantitative estimate of drug-likeness (QED) is 0.678. The number of anilines is 1. The van der Waals surface area contributed by atoms with Gasteiger partial charge < -0.3 is 10.5 Å². The fourth-order valence-corrected chi connectivity index (χ4v) is 1.60. The Kier molecular flexibility index (Phi) is 4.13. The molecule has 0 aromatic heterocycles. The maximum absolute atomic E-state index is 12.7. The van der Waals surface area contributed by atoms with Gasteiger partial charge in [-0.3, -0.25) is 4.79 Å². The third kappa shape index (κ3) is 4.10. The monoisotopic (exact) mass is 259 g/mol. The first-order valence-corrected chi connectivity index (χ1v) is 5.88. The summed E-state index contributed by atoms with van der Waals surface area (Å²) in [6.45, 7) is 0.147. The number of nitrogen functional groups attached to an aromatic ring is 1. The van der Waals surface area contributed by atoms with Crippen molar-refractivity contribution in [3.05, 3.63) is 65.5 Å². The number of carbonyl (C=O) groups is 1. The van der Waals surface area contributed by atoms with E-state index in [-0.39, 0.29) is 24.8 Å². The number of benzene rings is 2. The number of esters is 1. The molecule has 0 aliphatic heterocycles. The normalized spacial score (nSPS) is 10.2. The number of ether oxygens (including phenoxy) is 1. The maximum atomic E-state index is 12.7. The van der Waals surface area contributed by atoms with Crippen LogP contribution in [0.5, 0.6) is 0 Å². The summed E-state index contributed by atoms with van der Waals surface area (Å²) >= 11 is 0. The van der Waals surface area contributed by atoms with Gasteiger partial charge in [0.2, 0.25) is 0 Å². The fraction of sp³-hybridized carbons (Fsp3) is 0.133. The van der Waals surface area contributed by atoms with Crippen molar-refractivity contribution in [1.82, 2.24) is 0 Å². The average molecular weight is 259 g/mol. The first-order valence-electron chi connectivity index (χ1n) is 5.88. The molecule has 2 aromatic rings. The number of hydrogen-bond acceptors (Lipinski definition) is 3. The Morgan fingerprint density at radius 2 is 1.58 bits per heavy atom. The number of hydrogen-bond donors (Lipinski definition) is 1. The molecule has 0 atom stereocenters. The summed E-state index contributed by atoms with van der Waals surface area (Å²) in [6, 6.07) is 12.9. The minimum Gasteiger partial charge on any atom is -0.461 e. The standard InChI is InChI=1S/C15H14FNO2/c16-13-5-1-12(2-6-13)10-19-15(18)9-11-3-7-14(17)8-4-11/h1-8H,9-10,17H2. The van der Waals surface area contributed by atoms with E-state index >= 15 is 0 Å². The molecule has 0 unspecified atom stereocenters. The molecular weight excluding hydrogens is 245 g/mol. The first kappa shape index (κ1) is 13.1. The smallest absolute Gasteiger partial charge is 0.310 e. The zero-order valence-corrected chi connectivity index (χ0v) is 10.3. The summed E-state index contributed by atoms with van der Waals surface area (Å²) in [7, 11) is 0. The van der Waals surface area contributed by atoms with Gasteiger partial charge in [-0.05, 0) is 35.4 Å². The van der Waals surface area contributed by atoms with E-state index in [2.05, 4.69) is 0 Å². The van der Waals surface area contributed by atoms with Gasteiger partial charge in [-0.2, -0.15) is 0 Å². The van der Waals surface area contributed by atoms with E-state index in [4.69, 9.17) is 10.5 Å². The Morgan fingerprint density at radius 3 is 2.21 bits per heavy atom. The second-order valence-electron chi connectivity index (χ2n) is 4.21. The van der Waals surface area contributed by atoms with Crippen LogP contribution in [0, 0.1) is 5.82 Å². The molecule has 0 fully saturated rings. The van der Waals surface area contributed by atoms with Gasteiger partial charge in [-0.15, -0.1) is 0 Å². The van der Waals surface area contributed by atoms with E-state index in [1.807, 2.05) is 0 Å². The topological polar surface area (TPSA) is 52.3 Å². The predicted octanol–water partition coefficient (Wildman–Crippen LogP) is 2.69. The molecule has 0 bridgehead atoms. The van der Waals surface area contributed by atoms with E-state index < -0.39 is 0 Å². The average Bonchev–Trinajstić information content (AvgIpc) is 2.41. The molecular formula is C15H14FNO2. The van der Waals surface area contributed by atoms with Crippen LogP contribution < -0.4 is 5.73 Å². The molecule has 2 aromatic carbocycles. The van der Waals surface area contributed by atoms with Crippen LogP contribution >= 0.6 is 0 Å². The highest BCUT2D eigenvalue weighted by Gasteiger charge is 2.05. The highest BCUT2D eigenvalue weighted by molar-refractivity contribution is 5.72. The maximum Gasteiger partial charge on any atom is 0.310 e. The van der Waals surface area contributed by atoms with Crippen LogP contribution in [0.1, 0.15) is 11.1 Å². The lowest BCUT2D eigenvalue weighted by Crippen LogP contribution is -2.08. The van der Waals surface area contributed by atoms with Crippen molar-refractivity contribution < 1.29 is 13.9 Å². The first-order chi connectivity index (χ1) is 9.13. The van der Waals surface area contributed by atoms with Crippen LogP contribution in [0.3, 0.4) is 0 Å².